The van der Waals surface area contributed by atoms with Crippen LogP contribution in [0.3, 0.4) is 0 Å². The highest BCUT2D eigenvalue weighted by Crippen LogP contribution is 2.24. The van der Waals surface area contributed by atoms with Crippen molar-refractivity contribution in [3.63, 3.8) is 0 Å². The van der Waals surface area contributed by atoms with E-state index in [-0.39, 0.29) is 17.7 Å². The minimum absolute atomic E-state index is 0.143. The molecular formula is C27H25NO3. The quantitative estimate of drug-likeness (QED) is 0.340. The molecule has 0 saturated carbocycles. The molecule has 1 aliphatic rings. The van der Waals surface area contributed by atoms with E-state index in [0.717, 1.165) is 17.7 Å². The molecule has 3 aromatic carbocycles. The normalized spacial score (nSPS) is 13.7. The third-order valence-corrected chi connectivity index (χ3v) is 5.59. The maximum Gasteiger partial charge on any atom is 0.261 e. The fourth-order valence-corrected chi connectivity index (χ4v) is 3.80. The molecule has 1 aliphatic heterocycles. The van der Waals surface area contributed by atoms with E-state index in [2.05, 4.69) is 30.8 Å². The zero-order chi connectivity index (χ0) is 21.6. The van der Waals surface area contributed by atoms with Crippen molar-refractivity contribution in [3.05, 3.63) is 103 Å². The van der Waals surface area contributed by atoms with E-state index in [0.29, 0.717) is 30.7 Å². The average molecular weight is 412 g/mol. The van der Waals surface area contributed by atoms with E-state index in [1.165, 1.54) is 10.5 Å². The summed E-state index contributed by atoms with van der Waals surface area (Å²) in [6.45, 7) is 4.83. The van der Waals surface area contributed by atoms with Crippen LogP contribution < -0.4 is 4.74 Å². The van der Waals surface area contributed by atoms with Gasteiger partial charge in [0, 0.05) is 12.5 Å². The number of hydrogen-bond acceptors (Lipinski definition) is 3. The highest BCUT2D eigenvalue weighted by atomic mass is 16.5. The van der Waals surface area contributed by atoms with Crippen molar-refractivity contribution in [1.82, 2.24) is 4.90 Å². The zero-order valence-electron chi connectivity index (χ0n) is 17.4. The molecule has 31 heavy (non-hydrogen) atoms. The predicted octanol–water partition coefficient (Wildman–Crippen LogP) is 5.61. The lowest BCUT2D eigenvalue weighted by Gasteiger charge is -2.17. The van der Waals surface area contributed by atoms with Crippen LogP contribution in [0.2, 0.25) is 0 Å². The van der Waals surface area contributed by atoms with Gasteiger partial charge in [-0.2, -0.15) is 0 Å². The molecule has 4 rings (SSSR count). The molecule has 0 spiro atoms. The Bertz CT molecular complexity index is 1040. The van der Waals surface area contributed by atoms with Crippen molar-refractivity contribution in [2.24, 2.45) is 5.92 Å². The third kappa shape index (κ3) is 4.58. The highest BCUT2D eigenvalue weighted by molar-refractivity contribution is 6.21. The summed E-state index contributed by atoms with van der Waals surface area (Å²) in [5.74, 6) is 0.548. The van der Waals surface area contributed by atoms with Gasteiger partial charge in [0.05, 0.1) is 17.7 Å². The second kappa shape index (κ2) is 9.43. The van der Waals surface area contributed by atoms with Crippen LogP contribution in [0.15, 0.2) is 91.5 Å². The first-order valence-electron chi connectivity index (χ1n) is 10.5. The Labute approximate surface area is 182 Å². The maximum atomic E-state index is 12.5. The molecular weight excluding hydrogens is 386 g/mol. The summed E-state index contributed by atoms with van der Waals surface area (Å²) in [6, 6.07) is 25.2. The summed E-state index contributed by atoms with van der Waals surface area (Å²) in [5.41, 5.74) is 3.31. The minimum Gasteiger partial charge on any atom is -0.493 e. The van der Waals surface area contributed by atoms with Crippen LogP contribution in [0, 0.1) is 5.92 Å². The van der Waals surface area contributed by atoms with Gasteiger partial charge in [-0.15, -0.1) is 6.58 Å². The molecule has 156 valence electrons. The second-order valence-corrected chi connectivity index (χ2v) is 7.65. The Balaban J connectivity index is 1.26. The van der Waals surface area contributed by atoms with Crippen LogP contribution in [0.25, 0.3) is 11.1 Å². The Morgan fingerprint density at radius 2 is 1.39 bits per heavy atom. The molecule has 0 N–H and O–H groups in total. The molecule has 0 saturated heterocycles. The summed E-state index contributed by atoms with van der Waals surface area (Å²) in [4.78, 5) is 26.2. The number of hydrogen-bond donors (Lipinski definition) is 0. The standard InChI is InChI=1S/C27H25NO3/c1-2-20(9-8-18-28-26(29)24-12-6-7-13-25(24)27(28)30)19-31-23-16-14-22(15-17-23)21-10-4-3-5-11-21/h2-7,10-17,20H,1,8-9,18-19H2. The van der Waals surface area contributed by atoms with E-state index in [1.54, 1.807) is 24.3 Å². The van der Waals surface area contributed by atoms with Crippen molar-refractivity contribution in [3.8, 4) is 16.9 Å². The van der Waals surface area contributed by atoms with E-state index >= 15 is 0 Å². The largest absolute Gasteiger partial charge is 0.493 e. The molecule has 0 aliphatic carbocycles. The number of nitrogens with zero attached hydrogens (tertiary/aromatic N) is 1. The zero-order valence-corrected chi connectivity index (χ0v) is 17.4. The van der Waals surface area contributed by atoms with Crippen molar-refractivity contribution in [1.29, 1.82) is 0 Å². The number of rotatable bonds is 9. The molecule has 0 fully saturated rings. The van der Waals surface area contributed by atoms with Gasteiger partial charge in [0.25, 0.3) is 11.8 Å². The molecule has 0 bridgehead atoms. The number of carbonyl (C=O) groups is 2. The number of fused-ring (bicyclic) bond motifs is 1. The molecule has 3 aromatic rings. The molecule has 0 radical (unpaired) electrons. The first kappa shape index (κ1) is 20.6. The SMILES string of the molecule is C=CC(CCCN1C(=O)c2ccccc2C1=O)COc1ccc(-c2ccccc2)cc1. The number of imide groups is 1. The summed E-state index contributed by atoms with van der Waals surface area (Å²) in [7, 11) is 0. The number of benzene rings is 3. The first-order chi connectivity index (χ1) is 15.2. The van der Waals surface area contributed by atoms with E-state index in [1.807, 2.05) is 36.4 Å². The highest BCUT2D eigenvalue weighted by Gasteiger charge is 2.34. The Hall–Kier alpha value is -3.66. The minimum atomic E-state index is -0.203. The van der Waals surface area contributed by atoms with Gasteiger partial charge in [0.1, 0.15) is 5.75 Å². The van der Waals surface area contributed by atoms with Gasteiger partial charge in [0.2, 0.25) is 0 Å². The molecule has 1 unspecified atom stereocenters. The first-order valence-corrected chi connectivity index (χ1v) is 10.5. The van der Waals surface area contributed by atoms with Crippen LogP contribution >= 0.6 is 0 Å². The summed E-state index contributed by atoms with van der Waals surface area (Å²) >= 11 is 0. The lowest BCUT2D eigenvalue weighted by Crippen LogP contribution is -2.31. The van der Waals surface area contributed by atoms with Crippen LogP contribution in [0.5, 0.6) is 5.75 Å². The van der Waals surface area contributed by atoms with Crippen LogP contribution in [0.1, 0.15) is 33.6 Å². The summed E-state index contributed by atoms with van der Waals surface area (Å²) in [5, 5.41) is 0. The van der Waals surface area contributed by atoms with Gasteiger partial charge in [-0.1, -0.05) is 60.7 Å². The van der Waals surface area contributed by atoms with E-state index in [4.69, 9.17) is 4.74 Å². The van der Waals surface area contributed by atoms with Crippen LogP contribution in [-0.2, 0) is 0 Å². The molecule has 0 aromatic heterocycles. The van der Waals surface area contributed by atoms with Crippen LogP contribution in [-0.4, -0.2) is 29.9 Å². The summed E-state index contributed by atoms with van der Waals surface area (Å²) < 4.78 is 5.95. The smallest absolute Gasteiger partial charge is 0.261 e. The lowest BCUT2D eigenvalue weighted by molar-refractivity contribution is 0.0649. The van der Waals surface area contributed by atoms with Crippen molar-refractivity contribution in [2.45, 2.75) is 12.8 Å². The molecule has 1 heterocycles. The number of carbonyl (C=O) groups excluding carboxylic acids is 2. The van der Waals surface area contributed by atoms with E-state index < -0.39 is 0 Å². The molecule has 4 heteroatoms. The Morgan fingerprint density at radius 3 is 2.00 bits per heavy atom. The fourth-order valence-electron chi connectivity index (χ4n) is 3.80. The molecule has 4 nitrogen and oxygen atoms in total. The number of ether oxygens (including phenoxy) is 1. The van der Waals surface area contributed by atoms with Gasteiger partial charge < -0.3 is 4.74 Å². The summed E-state index contributed by atoms with van der Waals surface area (Å²) in [6.07, 6.45) is 3.37. The average Bonchev–Trinajstić information content (AvgIpc) is 3.07. The Morgan fingerprint density at radius 1 is 0.806 bits per heavy atom. The van der Waals surface area contributed by atoms with Crippen LogP contribution in [0.4, 0.5) is 0 Å². The fraction of sp³-hybridized carbons (Fsp3) is 0.185. The van der Waals surface area contributed by atoms with Crippen molar-refractivity contribution in [2.75, 3.05) is 13.2 Å². The van der Waals surface area contributed by atoms with Gasteiger partial charge in [0.15, 0.2) is 0 Å². The van der Waals surface area contributed by atoms with E-state index in [9.17, 15) is 9.59 Å². The van der Waals surface area contributed by atoms with Gasteiger partial charge >= 0.3 is 0 Å². The van der Waals surface area contributed by atoms with Gasteiger partial charge in [-0.05, 0) is 48.2 Å². The second-order valence-electron chi connectivity index (χ2n) is 7.65. The number of amides is 2. The van der Waals surface area contributed by atoms with Gasteiger partial charge in [-0.3, -0.25) is 14.5 Å². The Kier molecular flexibility index (Phi) is 6.27. The van der Waals surface area contributed by atoms with Crippen molar-refractivity contribution < 1.29 is 14.3 Å². The lowest BCUT2D eigenvalue weighted by atomic mass is 10.0. The predicted molar refractivity (Wildman–Crippen MR) is 122 cm³/mol. The topological polar surface area (TPSA) is 46.6 Å². The molecule has 1 atom stereocenters. The molecule has 2 amide bonds. The third-order valence-electron chi connectivity index (χ3n) is 5.59. The van der Waals surface area contributed by atoms with Crippen molar-refractivity contribution >= 4 is 11.8 Å². The monoisotopic (exact) mass is 411 g/mol. The van der Waals surface area contributed by atoms with Gasteiger partial charge in [-0.25, -0.2) is 0 Å². The maximum absolute atomic E-state index is 12.5.